The molecule has 0 aliphatic heterocycles. The molecule has 0 spiro atoms. The molecule has 0 aromatic heterocycles. The molecule has 0 radical (unpaired) electrons. The second-order valence-corrected chi connectivity index (χ2v) is 14.0. The van der Waals surface area contributed by atoms with Crippen LogP contribution in [0.25, 0.3) is 11.1 Å². The zero-order valence-corrected chi connectivity index (χ0v) is 24.6. The summed E-state index contributed by atoms with van der Waals surface area (Å²) in [4.78, 5) is 0. The van der Waals surface area contributed by atoms with Crippen LogP contribution in [0.2, 0.25) is 0 Å². The minimum Gasteiger partial charge on any atom is -0.376 e. The van der Waals surface area contributed by atoms with Crippen LogP contribution in [0.4, 0.5) is 0 Å². The minimum absolute atomic E-state index is 0.0505. The lowest BCUT2D eigenvalue weighted by Crippen LogP contribution is -2.53. The molecule has 2 heteroatoms. The quantitative estimate of drug-likeness (QED) is 0.377. The number of rotatable bonds is 8. The molecule has 1 aliphatic carbocycles. The fourth-order valence-corrected chi connectivity index (χ4v) is 6.53. The number of benzene rings is 2. The van der Waals surface area contributed by atoms with E-state index >= 15 is 0 Å². The van der Waals surface area contributed by atoms with Gasteiger partial charge < -0.3 is 9.47 Å². The van der Waals surface area contributed by atoms with Crippen molar-refractivity contribution in [3.8, 4) is 11.1 Å². The van der Waals surface area contributed by atoms with Crippen LogP contribution in [0, 0.1) is 24.7 Å². The largest absolute Gasteiger partial charge is 0.376 e. The van der Waals surface area contributed by atoms with Crippen LogP contribution in [0.1, 0.15) is 104 Å². The Morgan fingerprint density at radius 2 is 0.914 bits per heavy atom. The average molecular weight is 479 g/mol. The van der Waals surface area contributed by atoms with E-state index in [1.54, 1.807) is 0 Å². The monoisotopic (exact) mass is 478 g/mol. The van der Waals surface area contributed by atoms with Crippen molar-refractivity contribution >= 4 is 0 Å². The maximum absolute atomic E-state index is 6.31. The highest BCUT2D eigenvalue weighted by atomic mass is 16.5. The van der Waals surface area contributed by atoms with Crippen molar-refractivity contribution in [3.05, 3.63) is 58.7 Å². The van der Waals surface area contributed by atoms with Crippen molar-refractivity contribution in [1.82, 2.24) is 0 Å². The predicted octanol–water partition coefficient (Wildman–Crippen LogP) is 9.03. The van der Waals surface area contributed by atoms with Gasteiger partial charge in [0.15, 0.2) is 0 Å². The molecule has 0 atom stereocenters. The maximum atomic E-state index is 6.31. The lowest BCUT2D eigenvalue weighted by molar-refractivity contribution is -0.0515. The van der Waals surface area contributed by atoms with Crippen LogP contribution in [0.15, 0.2) is 36.4 Å². The van der Waals surface area contributed by atoms with Gasteiger partial charge in [0.1, 0.15) is 0 Å². The number of fused-ring (bicyclic) bond motifs is 3. The van der Waals surface area contributed by atoms with E-state index in [-0.39, 0.29) is 27.4 Å². The van der Waals surface area contributed by atoms with E-state index in [0.717, 1.165) is 26.1 Å². The molecule has 2 aromatic carbocycles. The van der Waals surface area contributed by atoms with Crippen molar-refractivity contribution in [1.29, 1.82) is 0 Å². The smallest absolute Gasteiger partial charge is 0.0598 e. The molecular weight excluding hydrogens is 428 g/mol. The van der Waals surface area contributed by atoms with E-state index in [0.29, 0.717) is 0 Å². The zero-order valence-electron chi connectivity index (χ0n) is 24.6. The molecule has 0 saturated carbocycles. The highest BCUT2D eigenvalue weighted by molar-refractivity contribution is 5.83. The molecule has 0 N–H and O–H groups in total. The van der Waals surface area contributed by atoms with Crippen LogP contribution in [-0.4, -0.2) is 24.4 Å². The van der Waals surface area contributed by atoms with E-state index in [9.17, 15) is 0 Å². The fourth-order valence-electron chi connectivity index (χ4n) is 6.53. The summed E-state index contributed by atoms with van der Waals surface area (Å²) in [5.74, 6) is 0. The molecule has 0 heterocycles. The molecule has 2 nitrogen and oxygen atoms in total. The Balaban J connectivity index is 2.24. The zero-order chi connectivity index (χ0) is 26.4. The molecule has 3 rings (SSSR count). The second-order valence-electron chi connectivity index (χ2n) is 14.0. The van der Waals surface area contributed by atoms with E-state index in [1.807, 2.05) is 0 Å². The summed E-state index contributed by atoms with van der Waals surface area (Å²) in [6, 6.07) is 14.2. The summed E-state index contributed by atoms with van der Waals surface area (Å²) in [5.41, 5.74) is 7.80. The highest BCUT2D eigenvalue weighted by Gasteiger charge is 2.60. The van der Waals surface area contributed by atoms with Gasteiger partial charge in [-0.3, -0.25) is 0 Å². The number of aryl methyl sites for hydroxylation is 2. The number of hydrogen-bond acceptors (Lipinski definition) is 2. The van der Waals surface area contributed by atoms with Crippen LogP contribution >= 0.6 is 0 Å². The van der Waals surface area contributed by atoms with E-state index in [1.165, 1.54) is 33.4 Å². The molecule has 35 heavy (non-hydrogen) atoms. The summed E-state index contributed by atoms with van der Waals surface area (Å²) < 4.78 is 12.6. The van der Waals surface area contributed by atoms with Gasteiger partial charge in [-0.25, -0.2) is 0 Å². The average Bonchev–Trinajstić information content (AvgIpc) is 2.95. The van der Waals surface area contributed by atoms with Gasteiger partial charge in [-0.05, 0) is 101 Å². The van der Waals surface area contributed by atoms with Crippen LogP contribution in [-0.2, 0) is 14.9 Å². The Bertz CT molecular complexity index is 958. The maximum Gasteiger partial charge on any atom is 0.0598 e. The Morgan fingerprint density at radius 1 is 0.571 bits per heavy atom. The standard InChI is InChI=1S/C33H50O2/c1-23-13-15-25-26-16-14-24(2)22-28(26)33(27(25)21-23,31(9,10)17-19-34-29(3,4)5)32(11,12)18-20-35-30(6,7)8/h13-16,21-22H,17-20H2,1-12H3. The van der Waals surface area contributed by atoms with Gasteiger partial charge in [-0.15, -0.1) is 0 Å². The van der Waals surface area contributed by atoms with Gasteiger partial charge in [0, 0.05) is 18.6 Å². The van der Waals surface area contributed by atoms with Crippen LogP contribution in [0.5, 0.6) is 0 Å². The SMILES string of the molecule is Cc1ccc2c(c1)C(C(C)(C)CCOC(C)(C)C)(C(C)(C)CCOC(C)(C)C)c1cc(C)ccc1-2. The van der Waals surface area contributed by atoms with Crippen molar-refractivity contribution < 1.29 is 9.47 Å². The molecule has 0 bridgehead atoms. The van der Waals surface area contributed by atoms with Crippen molar-refractivity contribution in [2.45, 2.75) is 113 Å². The minimum atomic E-state index is -0.175. The van der Waals surface area contributed by atoms with Crippen LogP contribution in [0.3, 0.4) is 0 Å². The normalized spacial score (nSPS) is 15.8. The van der Waals surface area contributed by atoms with Gasteiger partial charge in [0.05, 0.1) is 11.2 Å². The Labute approximate surface area is 215 Å². The fraction of sp³-hybridized carbons (Fsp3) is 0.636. The molecule has 0 saturated heterocycles. The third-order valence-corrected chi connectivity index (χ3v) is 8.00. The lowest BCUT2D eigenvalue weighted by atomic mass is 9.47. The Hall–Kier alpha value is -1.64. The summed E-state index contributed by atoms with van der Waals surface area (Å²) in [6.45, 7) is 28.7. The number of ether oxygens (including phenoxy) is 2. The van der Waals surface area contributed by atoms with Gasteiger partial charge in [-0.2, -0.15) is 0 Å². The van der Waals surface area contributed by atoms with Gasteiger partial charge in [0.25, 0.3) is 0 Å². The molecule has 0 amide bonds. The number of hydrogen-bond donors (Lipinski definition) is 0. The molecule has 0 fully saturated rings. The van der Waals surface area contributed by atoms with Crippen LogP contribution < -0.4 is 0 Å². The Kier molecular flexibility index (Phi) is 7.46. The van der Waals surface area contributed by atoms with Gasteiger partial charge in [-0.1, -0.05) is 75.2 Å². The summed E-state index contributed by atoms with van der Waals surface area (Å²) in [6.07, 6.45) is 1.96. The molecule has 1 aliphatic rings. The first-order chi connectivity index (χ1) is 15.9. The molecular formula is C33H50O2. The third kappa shape index (κ3) is 5.39. The molecule has 2 aromatic rings. The first-order valence-corrected chi connectivity index (χ1v) is 13.4. The highest BCUT2D eigenvalue weighted by Crippen LogP contribution is 2.66. The topological polar surface area (TPSA) is 18.5 Å². The molecule has 0 unspecified atom stereocenters. The summed E-state index contributed by atoms with van der Waals surface area (Å²) in [5, 5.41) is 0. The van der Waals surface area contributed by atoms with Gasteiger partial charge >= 0.3 is 0 Å². The Morgan fingerprint density at radius 3 is 1.23 bits per heavy atom. The van der Waals surface area contributed by atoms with E-state index in [2.05, 4.69) is 119 Å². The first kappa shape index (κ1) is 27.9. The third-order valence-electron chi connectivity index (χ3n) is 8.00. The lowest BCUT2D eigenvalue weighted by Gasteiger charge is -2.56. The van der Waals surface area contributed by atoms with Crippen molar-refractivity contribution in [2.24, 2.45) is 10.8 Å². The van der Waals surface area contributed by atoms with E-state index in [4.69, 9.17) is 9.47 Å². The van der Waals surface area contributed by atoms with Crippen molar-refractivity contribution in [3.63, 3.8) is 0 Å². The summed E-state index contributed by atoms with van der Waals surface area (Å²) in [7, 11) is 0. The first-order valence-electron chi connectivity index (χ1n) is 13.4. The molecule has 194 valence electrons. The summed E-state index contributed by atoms with van der Waals surface area (Å²) >= 11 is 0. The van der Waals surface area contributed by atoms with Gasteiger partial charge in [0.2, 0.25) is 0 Å². The predicted molar refractivity (Wildman–Crippen MR) is 150 cm³/mol. The van der Waals surface area contributed by atoms with E-state index < -0.39 is 0 Å². The van der Waals surface area contributed by atoms with Crippen molar-refractivity contribution in [2.75, 3.05) is 13.2 Å². The second kappa shape index (κ2) is 9.34.